The van der Waals surface area contributed by atoms with Crippen LogP contribution in [0, 0.1) is 5.82 Å². The van der Waals surface area contributed by atoms with E-state index in [1.54, 1.807) is 12.1 Å². The monoisotopic (exact) mass is 298 g/mol. The van der Waals surface area contributed by atoms with Gasteiger partial charge in [-0.1, -0.05) is 31.5 Å². The minimum atomic E-state index is -0.289. The first-order valence-electron chi connectivity index (χ1n) is 6.14. The van der Waals surface area contributed by atoms with E-state index in [-0.39, 0.29) is 5.82 Å². The van der Waals surface area contributed by atoms with Crippen molar-refractivity contribution in [3.63, 3.8) is 0 Å². The highest BCUT2D eigenvalue weighted by Gasteiger charge is 2.15. The Kier molecular flexibility index (Phi) is 4.55. The lowest BCUT2D eigenvalue weighted by Crippen LogP contribution is -1.99. The Bertz CT molecular complexity index is 561. The second-order valence-electron chi connectivity index (χ2n) is 4.65. The SMILES string of the molecule is CC(C)c1nc(Cc2c(F)cccc2Cl)sc1CN. The van der Waals surface area contributed by atoms with Crippen LogP contribution in [0.1, 0.15) is 40.9 Å². The van der Waals surface area contributed by atoms with Gasteiger partial charge in [-0.3, -0.25) is 0 Å². The van der Waals surface area contributed by atoms with Crippen LogP contribution in [0.5, 0.6) is 0 Å². The number of thiazole rings is 1. The third-order valence-electron chi connectivity index (χ3n) is 2.89. The van der Waals surface area contributed by atoms with E-state index in [9.17, 15) is 4.39 Å². The molecule has 102 valence electrons. The van der Waals surface area contributed by atoms with Crippen LogP contribution in [0.2, 0.25) is 5.02 Å². The van der Waals surface area contributed by atoms with Crippen LogP contribution in [0.3, 0.4) is 0 Å². The van der Waals surface area contributed by atoms with Crippen molar-refractivity contribution < 1.29 is 4.39 Å². The Hall–Kier alpha value is -0.970. The molecule has 2 nitrogen and oxygen atoms in total. The molecule has 0 aliphatic carbocycles. The quantitative estimate of drug-likeness (QED) is 0.922. The lowest BCUT2D eigenvalue weighted by molar-refractivity contribution is 0.614. The molecule has 2 aromatic rings. The van der Waals surface area contributed by atoms with Gasteiger partial charge >= 0.3 is 0 Å². The first-order valence-corrected chi connectivity index (χ1v) is 7.33. The van der Waals surface area contributed by atoms with Gasteiger partial charge in [0.15, 0.2) is 0 Å². The zero-order valence-electron chi connectivity index (χ0n) is 10.9. The van der Waals surface area contributed by atoms with Crippen LogP contribution < -0.4 is 5.73 Å². The zero-order valence-corrected chi connectivity index (χ0v) is 12.5. The summed E-state index contributed by atoms with van der Waals surface area (Å²) in [6.07, 6.45) is 0.413. The van der Waals surface area contributed by atoms with Gasteiger partial charge in [-0.2, -0.15) is 0 Å². The third-order valence-corrected chi connectivity index (χ3v) is 4.34. The molecule has 0 saturated carbocycles. The molecule has 0 unspecified atom stereocenters. The topological polar surface area (TPSA) is 38.9 Å². The van der Waals surface area contributed by atoms with Crippen molar-refractivity contribution >= 4 is 22.9 Å². The zero-order chi connectivity index (χ0) is 14.0. The highest BCUT2D eigenvalue weighted by atomic mass is 35.5. The van der Waals surface area contributed by atoms with Crippen LogP contribution in [-0.2, 0) is 13.0 Å². The molecule has 0 atom stereocenters. The normalized spacial score (nSPS) is 11.3. The number of nitrogens with zero attached hydrogens (tertiary/aromatic N) is 1. The minimum Gasteiger partial charge on any atom is -0.326 e. The summed E-state index contributed by atoms with van der Waals surface area (Å²) >= 11 is 7.57. The first kappa shape index (κ1) is 14.4. The number of hydrogen-bond donors (Lipinski definition) is 1. The molecule has 0 aliphatic rings. The van der Waals surface area contributed by atoms with E-state index in [2.05, 4.69) is 18.8 Å². The van der Waals surface area contributed by atoms with Crippen molar-refractivity contribution in [2.45, 2.75) is 32.7 Å². The molecule has 0 aliphatic heterocycles. The summed E-state index contributed by atoms with van der Waals surface area (Å²) in [7, 11) is 0. The summed E-state index contributed by atoms with van der Waals surface area (Å²) in [5, 5.41) is 1.30. The Morgan fingerprint density at radius 3 is 2.68 bits per heavy atom. The molecule has 1 heterocycles. The molecule has 2 N–H and O–H groups in total. The lowest BCUT2D eigenvalue weighted by Gasteiger charge is -2.03. The fraction of sp³-hybridized carbons (Fsp3) is 0.357. The molecule has 1 aromatic heterocycles. The maximum Gasteiger partial charge on any atom is 0.128 e. The second kappa shape index (κ2) is 5.99. The van der Waals surface area contributed by atoms with Crippen LogP contribution in [0.4, 0.5) is 4.39 Å². The third kappa shape index (κ3) is 3.14. The standard InChI is InChI=1S/C14H16ClFN2S/c1-8(2)14-12(7-17)19-13(18-14)6-9-10(15)4-3-5-11(9)16/h3-5,8H,6-7,17H2,1-2H3. The molecule has 1 aromatic carbocycles. The second-order valence-corrected chi connectivity index (χ2v) is 6.23. The largest absolute Gasteiger partial charge is 0.326 e. The number of rotatable bonds is 4. The average molecular weight is 299 g/mol. The molecule has 0 fully saturated rings. The maximum absolute atomic E-state index is 13.8. The molecule has 19 heavy (non-hydrogen) atoms. The molecular formula is C14H16ClFN2S. The average Bonchev–Trinajstić information content (AvgIpc) is 2.77. The number of benzene rings is 1. The molecule has 0 bridgehead atoms. The summed E-state index contributed by atoms with van der Waals surface area (Å²) in [4.78, 5) is 5.64. The van der Waals surface area contributed by atoms with Gasteiger partial charge in [0.25, 0.3) is 0 Å². The van der Waals surface area contributed by atoms with Gasteiger partial charge in [0, 0.05) is 28.4 Å². The summed E-state index contributed by atoms with van der Waals surface area (Å²) in [6.45, 7) is 4.62. The van der Waals surface area contributed by atoms with Crippen molar-refractivity contribution in [2.24, 2.45) is 5.73 Å². The Balaban J connectivity index is 2.34. The molecule has 0 saturated heterocycles. The van der Waals surface area contributed by atoms with Gasteiger partial charge in [-0.15, -0.1) is 11.3 Å². The molecular weight excluding hydrogens is 283 g/mol. The van der Waals surface area contributed by atoms with E-state index >= 15 is 0 Å². The van der Waals surface area contributed by atoms with Crippen LogP contribution >= 0.6 is 22.9 Å². The number of nitrogens with two attached hydrogens (primary N) is 1. The van der Waals surface area contributed by atoms with Crippen LogP contribution in [-0.4, -0.2) is 4.98 Å². The fourth-order valence-electron chi connectivity index (χ4n) is 1.94. The van der Waals surface area contributed by atoms with Gasteiger partial charge in [-0.05, 0) is 18.1 Å². The summed E-state index contributed by atoms with van der Waals surface area (Å²) in [5.74, 6) is 0.0303. The predicted molar refractivity (Wildman–Crippen MR) is 78.3 cm³/mol. The van der Waals surface area contributed by atoms with Gasteiger partial charge in [-0.25, -0.2) is 9.37 Å². The van der Waals surface area contributed by atoms with E-state index in [0.717, 1.165) is 15.6 Å². The predicted octanol–water partition coefficient (Wildman–Crippen LogP) is 4.11. The van der Waals surface area contributed by atoms with Crippen molar-refractivity contribution in [3.8, 4) is 0 Å². The maximum atomic E-state index is 13.8. The molecule has 2 rings (SSSR count). The van der Waals surface area contributed by atoms with Gasteiger partial charge in [0.1, 0.15) is 5.82 Å². The lowest BCUT2D eigenvalue weighted by atomic mass is 10.1. The van der Waals surface area contributed by atoms with Crippen molar-refractivity contribution in [2.75, 3.05) is 0 Å². The smallest absolute Gasteiger partial charge is 0.128 e. The Morgan fingerprint density at radius 1 is 1.42 bits per heavy atom. The minimum absolute atomic E-state index is 0.289. The van der Waals surface area contributed by atoms with Crippen molar-refractivity contribution in [3.05, 3.63) is 50.2 Å². The van der Waals surface area contributed by atoms with Crippen molar-refractivity contribution in [1.29, 1.82) is 0 Å². The van der Waals surface area contributed by atoms with Gasteiger partial charge in [0.05, 0.1) is 10.7 Å². The molecule has 0 radical (unpaired) electrons. The summed E-state index contributed by atoms with van der Waals surface area (Å²) < 4.78 is 13.8. The van der Waals surface area contributed by atoms with E-state index < -0.39 is 0 Å². The number of halogens is 2. The summed E-state index contributed by atoms with van der Waals surface area (Å²) in [6, 6.07) is 4.72. The first-order chi connectivity index (χ1) is 9.02. The van der Waals surface area contributed by atoms with Crippen LogP contribution in [0.15, 0.2) is 18.2 Å². The van der Waals surface area contributed by atoms with E-state index in [1.807, 2.05) is 0 Å². The number of aromatic nitrogens is 1. The molecule has 0 spiro atoms. The van der Waals surface area contributed by atoms with E-state index in [4.69, 9.17) is 17.3 Å². The fourth-order valence-corrected chi connectivity index (χ4v) is 3.28. The van der Waals surface area contributed by atoms with Gasteiger partial charge < -0.3 is 5.73 Å². The van der Waals surface area contributed by atoms with Crippen molar-refractivity contribution in [1.82, 2.24) is 4.98 Å². The Morgan fingerprint density at radius 2 is 2.16 bits per heavy atom. The highest BCUT2D eigenvalue weighted by molar-refractivity contribution is 7.11. The Labute approximate surface area is 121 Å². The summed E-state index contributed by atoms with van der Waals surface area (Å²) in [5.41, 5.74) is 7.23. The number of hydrogen-bond acceptors (Lipinski definition) is 3. The van der Waals surface area contributed by atoms with Crippen LogP contribution in [0.25, 0.3) is 0 Å². The highest BCUT2D eigenvalue weighted by Crippen LogP contribution is 2.28. The molecule has 0 amide bonds. The van der Waals surface area contributed by atoms with E-state index in [1.165, 1.54) is 17.4 Å². The molecule has 5 heteroatoms. The van der Waals surface area contributed by atoms with Gasteiger partial charge in [0.2, 0.25) is 0 Å². The van der Waals surface area contributed by atoms with E-state index in [0.29, 0.717) is 29.5 Å².